The van der Waals surface area contributed by atoms with E-state index in [1.54, 1.807) is 6.07 Å². The van der Waals surface area contributed by atoms with E-state index in [1.807, 2.05) is 25.1 Å². The van der Waals surface area contributed by atoms with Gasteiger partial charge in [-0.2, -0.15) is 0 Å². The van der Waals surface area contributed by atoms with Gasteiger partial charge in [0.25, 0.3) is 0 Å². The third kappa shape index (κ3) is 2.92. The van der Waals surface area contributed by atoms with Crippen molar-refractivity contribution >= 4 is 27.6 Å². The summed E-state index contributed by atoms with van der Waals surface area (Å²) >= 11 is 3.43. The Kier molecular flexibility index (Phi) is 3.72. The number of carboxylic acid groups (broad SMARTS) is 1. The Hall–Kier alpha value is -1.75. The highest BCUT2D eigenvalue weighted by Gasteiger charge is 2.08. The standard InChI is InChI=1S/C13H12BrNO3/c1-8-6-9(2-4-11(8)14)15-7-10-3-5-12(18-10)13(16)17/h2-6,15H,7H2,1H3,(H,16,17). The van der Waals surface area contributed by atoms with E-state index in [4.69, 9.17) is 9.52 Å². The van der Waals surface area contributed by atoms with Crippen LogP contribution in [0.4, 0.5) is 5.69 Å². The van der Waals surface area contributed by atoms with Gasteiger partial charge in [-0.05, 0) is 42.8 Å². The molecule has 2 rings (SSSR count). The average molecular weight is 310 g/mol. The molecule has 4 nitrogen and oxygen atoms in total. The molecule has 0 radical (unpaired) electrons. The summed E-state index contributed by atoms with van der Waals surface area (Å²) in [7, 11) is 0. The molecule has 0 unspecified atom stereocenters. The number of halogens is 1. The number of aromatic carboxylic acids is 1. The molecule has 0 saturated heterocycles. The summed E-state index contributed by atoms with van der Waals surface area (Å²) in [5.74, 6) is -0.507. The third-order valence-corrected chi connectivity index (χ3v) is 3.39. The van der Waals surface area contributed by atoms with Crippen molar-refractivity contribution in [1.82, 2.24) is 0 Å². The molecule has 0 spiro atoms. The highest BCUT2D eigenvalue weighted by Crippen LogP contribution is 2.20. The summed E-state index contributed by atoms with van der Waals surface area (Å²) in [6, 6.07) is 9.01. The number of anilines is 1. The summed E-state index contributed by atoms with van der Waals surface area (Å²) in [6.45, 7) is 2.46. The first-order chi connectivity index (χ1) is 8.56. The van der Waals surface area contributed by atoms with Crippen LogP contribution in [0.2, 0.25) is 0 Å². The fourth-order valence-corrected chi connectivity index (χ4v) is 1.78. The van der Waals surface area contributed by atoms with Crippen molar-refractivity contribution in [3.05, 3.63) is 51.9 Å². The summed E-state index contributed by atoms with van der Waals surface area (Å²) in [5, 5.41) is 11.9. The van der Waals surface area contributed by atoms with E-state index < -0.39 is 5.97 Å². The monoisotopic (exact) mass is 309 g/mol. The van der Waals surface area contributed by atoms with E-state index in [0.717, 1.165) is 15.7 Å². The molecular formula is C13H12BrNO3. The highest BCUT2D eigenvalue weighted by molar-refractivity contribution is 9.10. The Morgan fingerprint density at radius 3 is 2.78 bits per heavy atom. The minimum Gasteiger partial charge on any atom is -0.475 e. The second-order valence-electron chi connectivity index (χ2n) is 3.89. The number of carbonyl (C=O) groups is 1. The van der Waals surface area contributed by atoms with E-state index in [2.05, 4.69) is 21.2 Å². The minimum atomic E-state index is -1.05. The Morgan fingerprint density at radius 1 is 1.39 bits per heavy atom. The summed E-state index contributed by atoms with van der Waals surface area (Å²) in [5.41, 5.74) is 2.09. The molecule has 0 fully saturated rings. The number of hydrogen-bond acceptors (Lipinski definition) is 3. The Labute approximate surface area is 113 Å². The van der Waals surface area contributed by atoms with Crippen LogP contribution in [0.3, 0.4) is 0 Å². The van der Waals surface area contributed by atoms with Gasteiger partial charge in [0.1, 0.15) is 5.76 Å². The first-order valence-electron chi connectivity index (χ1n) is 5.38. The second kappa shape index (κ2) is 5.27. The Balaban J connectivity index is 2.02. The van der Waals surface area contributed by atoms with Crippen LogP contribution in [0, 0.1) is 6.92 Å². The second-order valence-corrected chi connectivity index (χ2v) is 4.74. The molecule has 0 saturated carbocycles. The van der Waals surface area contributed by atoms with E-state index in [0.29, 0.717) is 12.3 Å². The van der Waals surface area contributed by atoms with Gasteiger partial charge in [0, 0.05) is 10.2 Å². The van der Waals surface area contributed by atoms with Crippen LogP contribution in [0.5, 0.6) is 0 Å². The molecule has 0 aliphatic rings. The van der Waals surface area contributed by atoms with Crippen LogP contribution in [0.25, 0.3) is 0 Å². The molecule has 5 heteroatoms. The fourth-order valence-electron chi connectivity index (χ4n) is 1.53. The van der Waals surface area contributed by atoms with Crippen molar-refractivity contribution < 1.29 is 14.3 Å². The van der Waals surface area contributed by atoms with Gasteiger partial charge in [0.05, 0.1) is 6.54 Å². The van der Waals surface area contributed by atoms with Crippen LogP contribution in [-0.4, -0.2) is 11.1 Å². The number of benzene rings is 1. The number of rotatable bonds is 4. The molecule has 94 valence electrons. The molecule has 0 aliphatic carbocycles. The topological polar surface area (TPSA) is 62.5 Å². The minimum absolute atomic E-state index is 0.0428. The first-order valence-corrected chi connectivity index (χ1v) is 6.17. The number of aryl methyl sites for hydroxylation is 1. The third-order valence-electron chi connectivity index (χ3n) is 2.50. The lowest BCUT2D eigenvalue weighted by Gasteiger charge is -2.06. The first kappa shape index (κ1) is 12.7. The lowest BCUT2D eigenvalue weighted by atomic mass is 10.2. The van der Waals surface area contributed by atoms with Gasteiger partial charge in [-0.15, -0.1) is 0 Å². The lowest BCUT2D eigenvalue weighted by Crippen LogP contribution is -1.98. The van der Waals surface area contributed by atoms with Gasteiger partial charge >= 0.3 is 5.97 Å². The number of carboxylic acids is 1. The molecule has 0 aliphatic heterocycles. The average Bonchev–Trinajstić information content (AvgIpc) is 2.79. The van der Waals surface area contributed by atoms with Gasteiger partial charge in [-0.25, -0.2) is 4.79 Å². The number of hydrogen-bond donors (Lipinski definition) is 2. The van der Waals surface area contributed by atoms with Crippen LogP contribution in [-0.2, 0) is 6.54 Å². The zero-order valence-electron chi connectivity index (χ0n) is 9.74. The number of nitrogens with one attached hydrogen (secondary N) is 1. The van der Waals surface area contributed by atoms with Gasteiger partial charge < -0.3 is 14.8 Å². The Bertz CT molecular complexity index is 577. The van der Waals surface area contributed by atoms with Gasteiger partial charge in [-0.3, -0.25) is 0 Å². The molecule has 2 N–H and O–H groups in total. The molecular weight excluding hydrogens is 298 g/mol. The Morgan fingerprint density at radius 2 is 2.17 bits per heavy atom. The van der Waals surface area contributed by atoms with Crippen molar-refractivity contribution in [2.24, 2.45) is 0 Å². The van der Waals surface area contributed by atoms with Crippen molar-refractivity contribution in [3.63, 3.8) is 0 Å². The zero-order valence-corrected chi connectivity index (χ0v) is 11.3. The smallest absolute Gasteiger partial charge is 0.371 e. The van der Waals surface area contributed by atoms with E-state index >= 15 is 0 Å². The maximum atomic E-state index is 10.7. The SMILES string of the molecule is Cc1cc(NCc2ccc(C(=O)O)o2)ccc1Br. The van der Waals surface area contributed by atoms with Gasteiger partial charge in [-0.1, -0.05) is 15.9 Å². The molecule has 18 heavy (non-hydrogen) atoms. The summed E-state index contributed by atoms with van der Waals surface area (Å²) in [6.07, 6.45) is 0. The van der Waals surface area contributed by atoms with Crippen molar-refractivity contribution in [2.45, 2.75) is 13.5 Å². The van der Waals surface area contributed by atoms with Crippen LogP contribution < -0.4 is 5.32 Å². The molecule has 2 aromatic rings. The van der Waals surface area contributed by atoms with Gasteiger partial charge in [0.2, 0.25) is 5.76 Å². The number of furan rings is 1. The van der Waals surface area contributed by atoms with Crippen LogP contribution >= 0.6 is 15.9 Å². The fraction of sp³-hybridized carbons (Fsp3) is 0.154. The maximum absolute atomic E-state index is 10.7. The predicted molar refractivity (Wildman–Crippen MR) is 71.9 cm³/mol. The van der Waals surface area contributed by atoms with Crippen LogP contribution in [0.1, 0.15) is 21.9 Å². The van der Waals surface area contributed by atoms with Crippen molar-refractivity contribution in [2.75, 3.05) is 5.32 Å². The summed E-state index contributed by atoms with van der Waals surface area (Å²) < 4.78 is 6.20. The van der Waals surface area contributed by atoms with Gasteiger partial charge in [0.15, 0.2) is 0 Å². The zero-order chi connectivity index (χ0) is 13.1. The molecule has 0 amide bonds. The highest BCUT2D eigenvalue weighted by atomic mass is 79.9. The van der Waals surface area contributed by atoms with E-state index in [1.165, 1.54) is 6.07 Å². The predicted octanol–water partition coefficient (Wildman–Crippen LogP) is 3.66. The normalized spacial score (nSPS) is 10.3. The largest absolute Gasteiger partial charge is 0.475 e. The lowest BCUT2D eigenvalue weighted by molar-refractivity contribution is 0.0660. The van der Waals surface area contributed by atoms with Crippen molar-refractivity contribution in [1.29, 1.82) is 0 Å². The van der Waals surface area contributed by atoms with Crippen LogP contribution in [0.15, 0.2) is 39.2 Å². The molecule has 1 aromatic carbocycles. The van der Waals surface area contributed by atoms with Crippen molar-refractivity contribution in [3.8, 4) is 0 Å². The van der Waals surface area contributed by atoms with E-state index in [-0.39, 0.29) is 5.76 Å². The molecule has 0 bridgehead atoms. The quantitative estimate of drug-likeness (QED) is 0.904. The molecule has 1 aromatic heterocycles. The molecule has 0 atom stereocenters. The molecule has 1 heterocycles. The maximum Gasteiger partial charge on any atom is 0.371 e. The van der Waals surface area contributed by atoms with E-state index in [9.17, 15) is 4.79 Å². The summed E-state index contributed by atoms with van der Waals surface area (Å²) in [4.78, 5) is 10.7.